The number of benzene rings is 2. The Balaban J connectivity index is 1.77. The van der Waals surface area contributed by atoms with Gasteiger partial charge < -0.3 is 11.1 Å². The van der Waals surface area contributed by atoms with Crippen molar-refractivity contribution in [1.29, 1.82) is 0 Å². The molecule has 0 aliphatic heterocycles. The van der Waals surface area contributed by atoms with Gasteiger partial charge in [0.15, 0.2) is 5.11 Å². The van der Waals surface area contributed by atoms with E-state index in [0.717, 1.165) is 28.2 Å². The molecule has 1 aromatic heterocycles. The SMILES string of the molecule is C/C(=N\Nc1cc(-c2ccccc2)nc(C)n1)c1ccc(NC(N)=S)cc1. The van der Waals surface area contributed by atoms with Crippen molar-refractivity contribution in [3.8, 4) is 11.3 Å². The molecule has 0 fully saturated rings. The summed E-state index contributed by atoms with van der Waals surface area (Å²) in [6.07, 6.45) is 0. The monoisotopic (exact) mass is 376 g/mol. The summed E-state index contributed by atoms with van der Waals surface area (Å²) in [5.41, 5.74) is 13.0. The summed E-state index contributed by atoms with van der Waals surface area (Å²) in [6.45, 7) is 3.79. The molecule has 0 aliphatic rings. The number of nitrogens with zero attached hydrogens (tertiary/aromatic N) is 3. The fourth-order valence-corrected chi connectivity index (χ4v) is 2.64. The van der Waals surface area contributed by atoms with Crippen molar-refractivity contribution < 1.29 is 0 Å². The van der Waals surface area contributed by atoms with E-state index in [1.807, 2.05) is 74.5 Å². The van der Waals surface area contributed by atoms with Crippen molar-refractivity contribution >= 4 is 34.5 Å². The predicted octanol–water partition coefficient (Wildman–Crippen LogP) is 3.94. The van der Waals surface area contributed by atoms with Gasteiger partial charge >= 0.3 is 0 Å². The minimum absolute atomic E-state index is 0.239. The highest BCUT2D eigenvalue weighted by molar-refractivity contribution is 7.80. The second-order valence-electron chi connectivity index (χ2n) is 5.93. The van der Waals surface area contributed by atoms with E-state index in [1.54, 1.807) is 0 Å². The summed E-state index contributed by atoms with van der Waals surface area (Å²) in [5.74, 6) is 1.33. The van der Waals surface area contributed by atoms with Crippen LogP contribution >= 0.6 is 12.2 Å². The summed E-state index contributed by atoms with van der Waals surface area (Å²) < 4.78 is 0. The number of thiocarbonyl (C=S) groups is 1. The first-order valence-electron chi connectivity index (χ1n) is 8.39. The summed E-state index contributed by atoms with van der Waals surface area (Å²) in [4.78, 5) is 8.90. The average Bonchev–Trinajstić information content (AvgIpc) is 2.66. The molecule has 136 valence electrons. The zero-order chi connectivity index (χ0) is 19.2. The van der Waals surface area contributed by atoms with Crippen LogP contribution in [-0.4, -0.2) is 20.8 Å². The topological polar surface area (TPSA) is 88.2 Å². The highest BCUT2D eigenvalue weighted by Crippen LogP contribution is 2.19. The molecule has 2 aromatic carbocycles. The van der Waals surface area contributed by atoms with Gasteiger partial charge in [0.25, 0.3) is 0 Å². The van der Waals surface area contributed by atoms with Crippen molar-refractivity contribution in [2.75, 3.05) is 10.7 Å². The van der Waals surface area contributed by atoms with E-state index in [0.29, 0.717) is 11.6 Å². The maximum atomic E-state index is 5.48. The lowest BCUT2D eigenvalue weighted by atomic mass is 10.1. The molecule has 7 heteroatoms. The van der Waals surface area contributed by atoms with Crippen molar-refractivity contribution in [3.63, 3.8) is 0 Å². The molecule has 4 N–H and O–H groups in total. The molecule has 0 radical (unpaired) electrons. The quantitative estimate of drug-likeness (QED) is 0.355. The number of aryl methyl sites for hydroxylation is 1. The molecule has 0 spiro atoms. The van der Waals surface area contributed by atoms with Crippen LogP contribution in [0.2, 0.25) is 0 Å². The molecule has 3 rings (SSSR count). The molecule has 3 aromatic rings. The van der Waals surface area contributed by atoms with Crippen LogP contribution in [0.25, 0.3) is 11.3 Å². The number of hydrazone groups is 1. The Kier molecular flexibility index (Phi) is 5.73. The third kappa shape index (κ3) is 5.08. The molecular formula is C20H20N6S. The van der Waals surface area contributed by atoms with Crippen molar-refractivity contribution in [1.82, 2.24) is 9.97 Å². The fourth-order valence-electron chi connectivity index (χ4n) is 2.52. The van der Waals surface area contributed by atoms with Crippen LogP contribution in [-0.2, 0) is 0 Å². The summed E-state index contributed by atoms with van der Waals surface area (Å²) >= 11 is 4.83. The largest absolute Gasteiger partial charge is 0.376 e. The second kappa shape index (κ2) is 8.37. The molecule has 0 amide bonds. The molecule has 1 heterocycles. The van der Waals surface area contributed by atoms with E-state index < -0.39 is 0 Å². The minimum atomic E-state index is 0.239. The van der Waals surface area contributed by atoms with Gasteiger partial charge in [-0.25, -0.2) is 9.97 Å². The van der Waals surface area contributed by atoms with Crippen LogP contribution < -0.4 is 16.5 Å². The van der Waals surface area contributed by atoms with Gasteiger partial charge in [-0.2, -0.15) is 5.10 Å². The van der Waals surface area contributed by atoms with Gasteiger partial charge in [-0.05, 0) is 43.8 Å². The van der Waals surface area contributed by atoms with Gasteiger partial charge in [0.1, 0.15) is 11.6 Å². The normalized spacial score (nSPS) is 11.1. The minimum Gasteiger partial charge on any atom is -0.376 e. The lowest BCUT2D eigenvalue weighted by Gasteiger charge is -2.08. The zero-order valence-electron chi connectivity index (χ0n) is 15.1. The lowest BCUT2D eigenvalue weighted by Crippen LogP contribution is -2.18. The van der Waals surface area contributed by atoms with Crippen LogP contribution in [0, 0.1) is 6.92 Å². The average molecular weight is 376 g/mol. The smallest absolute Gasteiger partial charge is 0.168 e. The van der Waals surface area contributed by atoms with Gasteiger partial charge in [-0.3, -0.25) is 5.43 Å². The number of nitrogens with one attached hydrogen (secondary N) is 2. The Morgan fingerprint density at radius 2 is 1.74 bits per heavy atom. The summed E-state index contributed by atoms with van der Waals surface area (Å²) in [5, 5.41) is 7.57. The Bertz CT molecular complexity index is 968. The second-order valence-corrected chi connectivity index (χ2v) is 6.37. The first kappa shape index (κ1) is 18.5. The molecule has 6 nitrogen and oxygen atoms in total. The van der Waals surface area contributed by atoms with Crippen LogP contribution in [0.1, 0.15) is 18.3 Å². The Labute approximate surface area is 163 Å². The summed E-state index contributed by atoms with van der Waals surface area (Å²) in [6, 6.07) is 19.6. The lowest BCUT2D eigenvalue weighted by molar-refractivity contribution is 1.05. The maximum Gasteiger partial charge on any atom is 0.168 e. The highest BCUT2D eigenvalue weighted by atomic mass is 32.1. The van der Waals surface area contributed by atoms with E-state index in [4.69, 9.17) is 18.0 Å². The van der Waals surface area contributed by atoms with Gasteiger partial charge in [-0.15, -0.1) is 0 Å². The molecular weight excluding hydrogens is 356 g/mol. The third-order valence-corrected chi connectivity index (χ3v) is 3.92. The van der Waals surface area contributed by atoms with E-state index in [1.165, 1.54) is 0 Å². The van der Waals surface area contributed by atoms with Gasteiger partial charge in [-0.1, -0.05) is 42.5 Å². The maximum absolute atomic E-state index is 5.48. The van der Waals surface area contributed by atoms with Crippen molar-refractivity contribution in [2.45, 2.75) is 13.8 Å². The van der Waals surface area contributed by atoms with Crippen molar-refractivity contribution in [3.05, 3.63) is 72.1 Å². The number of aromatic nitrogens is 2. The molecule has 0 aliphatic carbocycles. The van der Waals surface area contributed by atoms with E-state index in [2.05, 4.69) is 25.8 Å². The Morgan fingerprint density at radius 1 is 1.04 bits per heavy atom. The fraction of sp³-hybridized carbons (Fsp3) is 0.100. The van der Waals surface area contributed by atoms with Crippen LogP contribution in [0.5, 0.6) is 0 Å². The number of anilines is 2. The van der Waals surface area contributed by atoms with Gasteiger partial charge in [0.2, 0.25) is 0 Å². The molecule has 0 atom stereocenters. The van der Waals surface area contributed by atoms with E-state index >= 15 is 0 Å². The Hall–Kier alpha value is -3.32. The van der Waals surface area contributed by atoms with E-state index in [9.17, 15) is 0 Å². The third-order valence-electron chi connectivity index (χ3n) is 3.82. The standard InChI is InChI=1S/C20H20N6S/c1-13(15-8-10-17(11-9-15)24-20(21)27)25-26-19-12-18(22-14(2)23-19)16-6-4-3-5-7-16/h3-12H,1-2H3,(H3,21,24,27)(H,22,23,26)/b25-13+. The molecule has 27 heavy (non-hydrogen) atoms. The predicted molar refractivity (Wildman–Crippen MR) is 115 cm³/mol. The Morgan fingerprint density at radius 3 is 2.41 bits per heavy atom. The molecule has 0 unspecified atom stereocenters. The highest BCUT2D eigenvalue weighted by Gasteiger charge is 2.04. The number of rotatable bonds is 5. The van der Waals surface area contributed by atoms with Gasteiger partial charge in [0, 0.05) is 17.3 Å². The zero-order valence-corrected chi connectivity index (χ0v) is 15.9. The molecule has 0 saturated heterocycles. The first-order valence-corrected chi connectivity index (χ1v) is 8.80. The van der Waals surface area contributed by atoms with Crippen molar-refractivity contribution in [2.24, 2.45) is 10.8 Å². The van der Waals surface area contributed by atoms with Gasteiger partial charge in [0.05, 0.1) is 11.4 Å². The van der Waals surface area contributed by atoms with Crippen LogP contribution in [0.15, 0.2) is 65.8 Å². The van der Waals surface area contributed by atoms with E-state index in [-0.39, 0.29) is 5.11 Å². The number of hydrogen-bond donors (Lipinski definition) is 3. The molecule has 0 bridgehead atoms. The number of nitrogens with two attached hydrogens (primary N) is 1. The first-order chi connectivity index (χ1) is 13.0. The van der Waals surface area contributed by atoms with Crippen LogP contribution in [0.3, 0.4) is 0 Å². The molecule has 0 saturated carbocycles. The van der Waals surface area contributed by atoms with Crippen LogP contribution in [0.4, 0.5) is 11.5 Å². The number of hydrogen-bond acceptors (Lipinski definition) is 5. The summed E-state index contributed by atoms with van der Waals surface area (Å²) in [7, 11) is 0.